The molecule has 12 heteroatoms. The third-order valence-electron chi connectivity index (χ3n) is 10.0. The minimum absolute atomic E-state index is 0.134. The molecule has 3 aliphatic heterocycles. The minimum atomic E-state index is -3.89. The van der Waals surface area contributed by atoms with Crippen LogP contribution in [0.1, 0.15) is 0 Å². The number of para-hydroxylation sites is 6. The van der Waals surface area contributed by atoms with Crippen molar-refractivity contribution in [2.24, 2.45) is 0 Å². The highest BCUT2D eigenvalue weighted by Crippen LogP contribution is 2.55. The quantitative estimate of drug-likeness (QED) is 0.174. The number of benzene rings is 7. The maximum Gasteiger partial charge on any atom is 0.210 e. The first-order valence-electron chi connectivity index (χ1n) is 16.9. The van der Waals surface area contributed by atoms with E-state index in [9.17, 15) is 25.3 Å². The standard InChI is InChI=1S/C42H27N3O6S3/c46-52(47)37-19-7-1-13-31(37)43(32-14-2-8-20-38(32)52)28-25-29(44-33-15-3-9-21-39(33)53(48,49)40-22-10-4-16-34(40)44)27-30(26-28)45-35-17-5-11-23-41(35)54(50,51)42-24-12-6-18-36(42)45/h1-27H. The van der Waals surface area contributed by atoms with Crippen LogP contribution in [0.5, 0.6) is 0 Å². The van der Waals surface area contributed by atoms with Gasteiger partial charge in [0.05, 0.1) is 80.6 Å². The molecule has 54 heavy (non-hydrogen) atoms. The molecule has 0 aromatic heterocycles. The van der Waals surface area contributed by atoms with Crippen LogP contribution in [-0.2, 0) is 29.5 Å². The van der Waals surface area contributed by atoms with E-state index in [-0.39, 0.29) is 29.4 Å². The Kier molecular flexibility index (Phi) is 6.85. The SMILES string of the molecule is O=S1(=O)c2ccccc2N(c2cc(N3c4ccccc4S(=O)(=O)c4ccccc43)cc(N3c4ccccc4S(=O)(=O)c4ccccc43)c2)c2ccccc21. The lowest BCUT2D eigenvalue weighted by atomic mass is 10.1. The van der Waals surface area contributed by atoms with Crippen LogP contribution < -0.4 is 14.7 Å². The lowest BCUT2D eigenvalue weighted by molar-refractivity contribution is 0.593. The summed E-state index contributed by atoms with van der Waals surface area (Å²) >= 11 is 0. The topological polar surface area (TPSA) is 112 Å². The second-order valence-electron chi connectivity index (χ2n) is 13.0. The van der Waals surface area contributed by atoms with Crippen LogP contribution in [0.15, 0.2) is 193 Å². The van der Waals surface area contributed by atoms with E-state index >= 15 is 0 Å². The number of rotatable bonds is 3. The van der Waals surface area contributed by atoms with Crippen LogP contribution in [0, 0.1) is 0 Å². The van der Waals surface area contributed by atoms with Gasteiger partial charge in [0, 0.05) is 0 Å². The van der Waals surface area contributed by atoms with E-state index in [4.69, 9.17) is 0 Å². The van der Waals surface area contributed by atoms with Gasteiger partial charge in [0.25, 0.3) is 0 Å². The Hall–Kier alpha value is -6.21. The first-order valence-corrected chi connectivity index (χ1v) is 21.4. The van der Waals surface area contributed by atoms with Crippen LogP contribution in [-0.4, -0.2) is 25.3 Å². The largest absolute Gasteiger partial charge is 0.308 e. The second-order valence-corrected chi connectivity index (χ2v) is 18.7. The molecule has 7 aromatic rings. The normalized spacial score (nSPS) is 16.6. The molecule has 0 unspecified atom stereocenters. The van der Waals surface area contributed by atoms with Gasteiger partial charge in [-0.3, -0.25) is 0 Å². The van der Waals surface area contributed by atoms with Crippen molar-refractivity contribution in [3.8, 4) is 0 Å². The lowest BCUT2D eigenvalue weighted by Crippen LogP contribution is -2.25. The van der Waals surface area contributed by atoms with Crippen molar-refractivity contribution in [1.29, 1.82) is 0 Å². The van der Waals surface area contributed by atoms with Crippen LogP contribution in [0.3, 0.4) is 0 Å². The maximum atomic E-state index is 14.0. The van der Waals surface area contributed by atoms with Gasteiger partial charge in [0.2, 0.25) is 29.5 Å². The van der Waals surface area contributed by atoms with Crippen molar-refractivity contribution in [3.05, 3.63) is 164 Å². The smallest absolute Gasteiger partial charge is 0.210 e. The Balaban J connectivity index is 1.32. The first kappa shape index (κ1) is 32.4. The average molecular weight is 766 g/mol. The van der Waals surface area contributed by atoms with E-state index < -0.39 is 29.5 Å². The van der Waals surface area contributed by atoms with Crippen LogP contribution in [0.2, 0.25) is 0 Å². The van der Waals surface area contributed by atoms with Gasteiger partial charge >= 0.3 is 0 Å². The van der Waals surface area contributed by atoms with E-state index in [1.54, 1.807) is 146 Å². The molecule has 0 N–H and O–H groups in total. The van der Waals surface area contributed by atoms with Crippen molar-refractivity contribution in [3.63, 3.8) is 0 Å². The molecule has 7 aromatic carbocycles. The Morgan fingerprint density at radius 3 is 0.611 bits per heavy atom. The molecule has 0 spiro atoms. The van der Waals surface area contributed by atoms with Crippen molar-refractivity contribution in [2.45, 2.75) is 29.4 Å². The van der Waals surface area contributed by atoms with Crippen LogP contribution >= 0.6 is 0 Å². The van der Waals surface area contributed by atoms with Gasteiger partial charge in [-0.1, -0.05) is 72.8 Å². The van der Waals surface area contributed by atoms with Crippen molar-refractivity contribution < 1.29 is 25.3 Å². The lowest BCUT2D eigenvalue weighted by Gasteiger charge is -2.38. The molecule has 0 saturated carbocycles. The molecule has 264 valence electrons. The zero-order valence-corrected chi connectivity index (χ0v) is 30.6. The minimum Gasteiger partial charge on any atom is -0.308 e. The molecule has 0 atom stereocenters. The van der Waals surface area contributed by atoms with Gasteiger partial charge in [-0.25, -0.2) is 25.3 Å². The predicted octanol–water partition coefficient (Wildman–Crippen LogP) is 9.53. The molecule has 3 heterocycles. The van der Waals surface area contributed by atoms with Gasteiger partial charge in [0.1, 0.15) is 0 Å². The Morgan fingerprint density at radius 1 is 0.259 bits per heavy atom. The van der Waals surface area contributed by atoms with Gasteiger partial charge < -0.3 is 14.7 Å². The molecular formula is C42H27N3O6S3. The summed E-state index contributed by atoms with van der Waals surface area (Å²) in [4.78, 5) is 6.46. The van der Waals surface area contributed by atoms with Crippen molar-refractivity contribution in [2.75, 3.05) is 14.7 Å². The summed E-state index contributed by atoms with van der Waals surface area (Å²) in [5, 5.41) is 0. The zero-order valence-electron chi connectivity index (χ0n) is 28.1. The van der Waals surface area contributed by atoms with Gasteiger partial charge in [-0.15, -0.1) is 0 Å². The third kappa shape index (κ3) is 4.44. The second kappa shape index (κ2) is 11.4. The molecule has 0 fully saturated rings. The summed E-state index contributed by atoms with van der Waals surface area (Å²) in [5.41, 5.74) is 4.28. The van der Waals surface area contributed by atoms with E-state index in [1.165, 1.54) is 0 Å². The fourth-order valence-electron chi connectivity index (χ4n) is 7.76. The first-order chi connectivity index (χ1) is 26.1. The number of hydrogen-bond acceptors (Lipinski definition) is 9. The number of anilines is 9. The van der Waals surface area contributed by atoms with E-state index in [0.717, 1.165) is 0 Å². The number of fused-ring (bicyclic) bond motifs is 6. The van der Waals surface area contributed by atoms with Gasteiger partial charge in [-0.2, -0.15) is 0 Å². The summed E-state index contributed by atoms with van der Waals surface area (Å²) in [6.07, 6.45) is 0. The average Bonchev–Trinajstić information content (AvgIpc) is 3.18. The van der Waals surface area contributed by atoms with Gasteiger partial charge in [-0.05, 0) is 91.0 Å². The highest BCUT2D eigenvalue weighted by molar-refractivity contribution is 7.92. The molecule has 3 aliphatic rings. The Bertz CT molecular complexity index is 2590. The fourth-order valence-corrected chi connectivity index (χ4v) is 12.6. The molecule has 0 amide bonds. The molecule has 9 nitrogen and oxygen atoms in total. The Morgan fingerprint density at radius 2 is 0.426 bits per heavy atom. The molecule has 10 rings (SSSR count). The predicted molar refractivity (Wildman–Crippen MR) is 207 cm³/mol. The number of hydrogen-bond donors (Lipinski definition) is 0. The Labute approximate surface area is 312 Å². The third-order valence-corrected chi connectivity index (χ3v) is 15.6. The number of nitrogens with zero attached hydrogens (tertiary/aromatic N) is 3. The zero-order chi connectivity index (χ0) is 37.0. The monoisotopic (exact) mass is 765 g/mol. The molecule has 0 saturated heterocycles. The molecular weight excluding hydrogens is 739 g/mol. The highest BCUT2D eigenvalue weighted by Gasteiger charge is 2.39. The fraction of sp³-hybridized carbons (Fsp3) is 0. The van der Waals surface area contributed by atoms with Crippen LogP contribution in [0.25, 0.3) is 0 Å². The van der Waals surface area contributed by atoms with Crippen molar-refractivity contribution >= 4 is 80.7 Å². The number of sulfone groups is 3. The molecule has 0 aliphatic carbocycles. The van der Waals surface area contributed by atoms with E-state index in [2.05, 4.69) is 0 Å². The molecule has 0 bridgehead atoms. The maximum absolute atomic E-state index is 14.0. The summed E-state index contributed by atoms with van der Waals surface area (Å²) in [6, 6.07) is 46.6. The highest BCUT2D eigenvalue weighted by atomic mass is 32.2. The summed E-state index contributed by atoms with van der Waals surface area (Å²) < 4.78 is 84.1. The van der Waals surface area contributed by atoms with Crippen LogP contribution in [0.4, 0.5) is 51.2 Å². The van der Waals surface area contributed by atoms with Crippen molar-refractivity contribution in [1.82, 2.24) is 0 Å². The summed E-state index contributed by atoms with van der Waals surface area (Å²) in [5.74, 6) is 0. The van der Waals surface area contributed by atoms with E-state index in [1.807, 2.05) is 32.9 Å². The summed E-state index contributed by atoms with van der Waals surface area (Å²) in [6.45, 7) is 0. The van der Waals surface area contributed by atoms with E-state index in [0.29, 0.717) is 51.2 Å². The van der Waals surface area contributed by atoms with Gasteiger partial charge in [0.15, 0.2) is 0 Å². The summed E-state index contributed by atoms with van der Waals surface area (Å²) in [7, 11) is -11.7. The molecule has 0 radical (unpaired) electrons.